The van der Waals surface area contributed by atoms with Gasteiger partial charge in [0.25, 0.3) is 0 Å². The highest BCUT2D eigenvalue weighted by molar-refractivity contribution is 5.82. The zero-order valence-corrected chi connectivity index (χ0v) is 13.8. The average molecular weight is 286 g/mol. The number of hydrogen-bond donors (Lipinski definition) is 0. The predicted octanol–water partition coefficient (Wildman–Crippen LogP) is 5.30. The molecule has 116 valence electrons. The molecule has 0 heterocycles. The summed E-state index contributed by atoms with van der Waals surface area (Å²) in [5, 5.41) is 0. The number of hydrogen-bond acceptors (Lipinski definition) is 1. The monoisotopic (exact) mass is 286 g/mol. The molecular weight excluding hydrogens is 256 g/mol. The van der Waals surface area contributed by atoms with Gasteiger partial charge in [-0.05, 0) is 74.0 Å². The lowest BCUT2D eigenvalue weighted by Crippen LogP contribution is -2.43. The summed E-state index contributed by atoms with van der Waals surface area (Å²) in [7, 11) is 0. The molecule has 4 aliphatic rings. The zero-order valence-electron chi connectivity index (χ0n) is 13.8. The van der Waals surface area contributed by atoms with E-state index in [2.05, 4.69) is 13.8 Å². The number of allylic oxidation sites excluding steroid dienone is 2. The first kappa shape index (κ1) is 14.0. The maximum absolute atomic E-state index is 11.8. The largest absolute Gasteiger partial charge is 0.299 e. The van der Waals surface area contributed by atoms with Crippen molar-refractivity contribution in [3.63, 3.8) is 0 Å². The highest BCUT2D eigenvalue weighted by atomic mass is 16.1. The van der Waals surface area contributed by atoms with Gasteiger partial charge in [-0.15, -0.1) is 0 Å². The summed E-state index contributed by atoms with van der Waals surface area (Å²) in [6.45, 7) is 5.02. The van der Waals surface area contributed by atoms with Crippen LogP contribution in [0.25, 0.3) is 0 Å². The Morgan fingerprint density at radius 1 is 1.10 bits per heavy atom. The second kappa shape index (κ2) is 4.96. The first-order valence-corrected chi connectivity index (χ1v) is 9.36. The maximum Gasteiger partial charge on any atom is 0.137 e. The minimum atomic E-state index is 0.500. The lowest BCUT2D eigenvalue weighted by molar-refractivity contribution is -0.119. The second-order valence-corrected chi connectivity index (χ2v) is 8.49. The third-order valence-electron chi connectivity index (χ3n) is 7.89. The Hall–Kier alpha value is -0.590. The molecule has 0 bridgehead atoms. The van der Waals surface area contributed by atoms with Crippen molar-refractivity contribution in [2.45, 2.75) is 78.1 Å². The normalized spacial score (nSPS) is 46.1. The van der Waals surface area contributed by atoms with Crippen LogP contribution >= 0.6 is 0 Å². The van der Waals surface area contributed by atoms with Crippen LogP contribution in [0.15, 0.2) is 11.1 Å². The standard InChI is InChI=1S/C20H30O/c1-3-14-5-9-19-18-7-4-13-12-15(21)6-8-16(13)17(18)10-11-20(14,19)2/h14,17-19H,3-12H2,1-2H3/t14-,17+,18+,19-,20+/m0/s1. The van der Waals surface area contributed by atoms with Gasteiger partial charge in [-0.2, -0.15) is 0 Å². The maximum atomic E-state index is 11.8. The molecule has 0 unspecified atom stereocenters. The predicted molar refractivity (Wildman–Crippen MR) is 85.9 cm³/mol. The van der Waals surface area contributed by atoms with Crippen molar-refractivity contribution in [1.29, 1.82) is 0 Å². The number of ketones is 1. The number of carbonyl (C=O) groups is 1. The van der Waals surface area contributed by atoms with E-state index in [9.17, 15) is 4.79 Å². The Morgan fingerprint density at radius 2 is 1.95 bits per heavy atom. The third-order valence-corrected chi connectivity index (χ3v) is 7.89. The molecule has 0 amide bonds. The summed E-state index contributed by atoms with van der Waals surface area (Å²) < 4.78 is 0. The molecule has 0 N–H and O–H groups in total. The number of rotatable bonds is 1. The molecule has 0 spiro atoms. The van der Waals surface area contributed by atoms with Crippen LogP contribution in [0, 0.1) is 29.1 Å². The highest BCUT2D eigenvalue weighted by Gasteiger charge is 2.54. The van der Waals surface area contributed by atoms with Crippen molar-refractivity contribution in [2.24, 2.45) is 29.1 Å². The van der Waals surface area contributed by atoms with Gasteiger partial charge in [-0.3, -0.25) is 4.79 Å². The minimum absolute atomic E-state index is 0.500. The quantitative estimate of drug-likeness (QED) is 0.598. The molecule has 0 aromatic carbocycles. The molecule has 4 aliphatic carbocycles. The molecule has 0 aromatic heterocycles. The van der Waals surface area contributed by atoms with E-state index >= 15 is 0 Å². The number of Topliss-reactive ketones (excluding diaryl/α,β-unsaturated/α-hetero) is 1. The molecule has 0 aromatic rings. The van der Waals surface area contributed by atoms with Gasteiger partial charge in [-0.1, -0.05) is 31.4 Å². The Morgan fingerprint density at radius 3 is 2.76 bits per heavy atom. The Kier molecular flexibility index (Phi) is 3.32. The van der Waals surface area contributed by atoms with E-state index in [-0.39, 0.29) is 0 Å². The van der Waals surface area contributed by atoms with Gasteiger partial charge in [0.2, 0.25) is 0 Å². The lowest BCUT2D eigenvalue weighted by atomic mass is 9.53. The molecule has 4 rings (SSSR count). The van der Waals surface area contributed by atoms with E-state index in [1.165, 1.54) is 44.9 Å². The Balaban J connectivity index is 1.63. The second-order valence-electron chi connectivity index (χ2n) is 8.49. The van der Waals surface area contributed by atoms with Crippen molar-refractivity contribution in [2.75, 3.05) is 0 Å². The van der Waals surface area contributed by atoms with E-state index in [0.717, 1.165) is 42.9 Å². The Labute approximate surface area is 129 Å². The molecule has 0 saturated heterocycles. The fourth-order valence-electron chi connectivity index (χ4n) is 6.83. The average Bonchev–Trinajstić information content (AvgIpc) is 2.83. The van der Waals surface area contributed by atoms with Gasteiger partial charge >= 0.3 is 0 Å². The smallest absolute Gasteiger partial charge is 0.137 e. The highest BCUT2D eigenvalue weighted by Crippen LogP contribution is 2.63. The fraction of sp³-hybridized carbons (Fsp3) is 0.850. The van der Waals surface area contributed by atoms with Gasteiger partial charge in [0.15, 0.2) is 0 Å². The summed E-state index contributed by atoms with van der Waals surface area (Å²) in [6, 6.07) is 0. The van der Waals surface area contributed by atoms with Crippen LogP contribution in [0.1, 0.15) is 78.1 Å². The van der Waals surface area contributed by atoms with Crippen molar-refractivity contribution < 1.29 is 4.79 Å². The van der Waals surface area contributed by atoms with Crippen molar-refractivity contribution >= 4 is 5.78 Å². The first-order valence-electron chi connectivity index (χ1n) is 9.36. The van der Waals surface area contributed by atoms with Gasteiger partial charge in [0.1, 0.15) is 5.78 Å². The van der Waals surface area contributed by atoms with Crippen LogP contribution in [0.4, 0.5) is 0 Å². The van der Waals surface area contributed by atoms with Crippen LogP contribution < -0.4 is 0 Å². The molecule has 0 radical (unpaired) electrons. The van der Waals surface area contributed by atoms with Crippen LogP contribution in [-0.2, 0) is 4.79 Å². The van der Waals surface area contributed by atoms with Crippen molar-refractivity contribution in [1.82, 2.24) is 0 Å². The van der Waals surface area contributed by atoms with Gasteiger partial charge in [0, 0.05) is 12.8 Å². The summed E-state index contributed by atoms with van der Waals surface area (Å²) in [5.74, 6) is 4.27. The topological polar surface area (TPSA) is 17.1 Å². The first-order chi connectivity index (χ1) is 10.1. The summed E-state index contributed by atoms with van der Waals surface area (Å²) >= 11 is 0. The van der Waals surface area contributed by atoms with Gasteiger partial charge < -0.3 is 0 Å². The van der Waals surface area contributed by atoms with E-state index in [1.807, 2.05) is 0 Å². The molecular formula is C20H30O. The minimum Gasteiger partial charge on any atom is -0.299 e. The fourth-order valence-corrected chi connectivity index (χ4v) is 6.83. The Bertz CT molecular complexity index is 488. The van der Waals surface area contributed by atoms with Crippen LogP contribution in [-0.4, -0.2) is 5.78 Å². The summed E-state index contributed by atoms with van der Waals surface area (Å²) in [4.78, 5) is 11.8. The third kappa shape index (κ3) is 1.99. The van der Waals surface area contributed by atoms with Crippen molar-refractivity contribution in [3.05, 3.63) is 11.1 Å². The summed E-state index contributed by atoms with van der Waals surface area (Å²) in [6.07, 6.45) is 12.6. The van der Waals surface area contributed by atoms with Crippen LogP contribution in [0.2, 0.25) is 0 Å². The van der Waals surface area contributed by atoms with Crippen LogP contribution in [0.5, 0.6) is 0 Å². The molecule has 1 heteroatoms. The molecule has 2 saturated carbocycles. The molecule has 5 atom stereocenters. The SMILES string of the molecule is CC[C@H]1CC[C@H]2[C@@H]3CCC4=C(CCC(=O)C4)[C@H]3CC[C@]12C. The van der Waals surface area contributed by atoms with E-state index in [4.69, 9.17) is 0 Å². The number of fused-ring (bicyclic) bond motifs is 4. The lowest BCUT2D eigenvalue weighted by Gasteiger charge is -2.52. The zero-order chi connectivity index (χ0) is 14.6. The van der Waals surface area contributed by atoms with E-state index < -0.39 is 0 Å². The van der Waals surface area contributed by atoms with E-state index in [1.54, 1.807) is 11.1 Å². The molecule has 1 nitrogen and oxygen atoms in total. The van der Waals surface area contributed by atoms with Gasteiger partial charge in [0.05, 0.1) is 0 Å². The van der Waals surface area contributed by atoms with E-state index in [0.29, 0.717) is 11.2 Å². The molecule has 0 aliphatic heterocycles. The van der Waals surface area contributed by atoms with Gasteiger partial charge in [-0.25, -0.2) is 0 Å². The van der Waals surface area contributed by atoms with Crippen LogP contribution in [0.3, 0.4) is 0 Å². The van der Waals surface area contributed by atoms with Crippen molar-refractivity contribution in [3.8, 4) is 0 Å². The molecule has 2 fully saturated rings. The summed E-state index contributed by atoms with van der Waals surface area (Å²) in [5.41, 5.74) is 3.97. The molecule has 21 heavy (non-hydrogen) atoms. The number of carbonyl (C=O) groups excluding carboxylic acids is 1.